The summed E-state index contributed by atoms with van der Waals surface area (Å²) >= 11 is 2.15. The van der Waals surface area contributed by atoms with Crippen molar-refractivity contribution in [2.75, 3.05) is 5.75 Å². The average molecular weight is 427 g/mol. The molecule has 0 N–H and O–H groups in total. The van der Waals surface area contributed by atoms with Crippen molar-refractivity contribution in [2.45, 2.75) is 83.7 Å². The van der Waals surface area contributed by atoms with Gasteiger partial charge in [-0.3, -0.25) is 4.79 Å². The molecule has 6 aliphatic rings. The molecular weight excluding hydrogens is 388 g/mol. The van der Waals surface area contributed by atoms with Crippen molar-refractivity contribution in [1.82, 2.24) is 0 Å². The molecule has 0 aromatic heterocycles. The van der Waals surface area contributed by atoms with Crippen LogP contribution in [0.4, 0.5) is 0 Å². The number of carbonyl (C=O) groups is 1. The molecule has 5 fully saturated rings. The van der Waals surface area contributed by atoms with Crippen molar-refractivity contribution in [3.63, 3.8) is 0 Å². The van der Waals surface area contributed by atoms with Gasteiger partial charge >= 0.3 is 0 Å². The van der Waals surface area contributed by atoms with Crippen molar-refractivity contribution >= 4 is 17.5 Å². The number of rotatable bonds is 0. The lowest BCUT2D eigenvalue weighted by molar-refractivity contribution is -0.111. The van der Waals surface area contributed by atoms with Gasteiger partial charge in [0.05, 0.1) is 6.10 Å². The molecule has 164 valence electrons. The molecule has 4 aliphatic carbocycles. The van der Waals surface area contributed by atoms with Crippen molar-refractivity contribution < 1.29 is 9.53 Å². The quantitative estimate of drug-likeness (QED) is 0.447. The zero-order chi connectivity index (χ0) is 20.9. The summed E-state index contributed by atoms with van der Waals surface area (Å²) in [5.41, 5.74) is 1.96. The maximum atomic E-state index is 12.0. The molecule has 3 heteroatoms. The van der Waals surface area contributed by atoms with E-state index in [0.29, 0.717) is 23.4 Å². The number of fused-ring (bicyclic) bond motifs is 7. The minimum atomic E-state index is 0.105. The summed E-state index contributed by atoms with van der Waals surface area (Å²) in [5, 5.41) is 0. The lowest BCUT2D eigenvalue weighted by Crippen LogP contribution is -2.51. The Morgan fingerprint density at radius 1 is 1.10 bits per heavy atom. The number of carbonyl (C=O) groups excluding carboxylic acids is 1. The predicted molar refractivity (Wildman–Crippen MR) is 123 cm³/mol. The molecule has 2 aliphatic heterocycles. The molecule has 0 radical (unpaired) electrons. The maximum absolute atomic E-state index is 12.0. The summed E-state index contributed by atoms with van der Waals surface area (Å²) in [6.07, 6.45) is 15.5. The first-order chi connectivity index (χ1) is 14.3. The summed E-state index contributed by atoms with van der Waals surface area (Å²) in [5.74, 6) is 6.01. The smallest absolute Gasteiger partial charge is 0.178 e. The first-order valence-corrected chi connectivity index (χ1v) is 13.5. The Bertz CT molecular complexity index is 821. The van der Waals surface area contributed by atoms with Gasteiger partial charge in [-0.05, 0) is 97.9 Å². The summed E-state index contributed by atoms with van der Waals surface area (Å²) < 4.78 is 7.05. The highest BCUT2D eigenvalue weighted by Crippen LogP contribution is 2.71. The van der Waals surface area contributed by atoms with E-state index in [0.717, 1.165) is 30.1 Å². The molecule has 1 spiro atoms. The van der Waals surface area contributed by atoms with Crippen molar-refractivity contribution in [1.29, 1.82) is 0 Å². The van der Waals surface area contributed by atoms with Crippen LogP contribution in [0.15, 0.2) is 23.8 Å². The second-order valence-corrected chi connectivity index (χ2v) is 13.4. The van der Waals surface area contributed by atoms with Crippen LogP contribution < -0.4 is 0 Å². The highest BCUT2D eigenvalue weighted by molar-refractivity contribution is 8.00. The van der Waals surface area contributed by atoms with Crippen LogP contribution in [-0.2, 0) is 9.53 Å². The normalized spacial score (nSPS) is 56.9. The van der Waals surface area contributed by atoms with E-state index >= 15 is 0 Å². The average Bonchev–Trinajstić information content (AvgIpc) is 3.16. The molecule has 0 aromatic rings. The number of ether oxygens (including phenoxy) is 1. The van der Waals surface area contributed by atoms with E-state index in [-0.39, 0.29) is 16.1 Å². The minimum Gasteiger partial charge on any atom is -0.360 e. The Kier molecular flexibility index (Phi) is 4.35. The Labute approximate surface area is 186 Å². The molecule has 3 saturated carbocycles. The lowest BCUT2D eigenvalue weighted by atomic mass is 9.47. The third kappa shape index (κ3) is 2.51. The molecule has 0 aromatic carbocycles. The summed E-state index contributed by atoms with van der Waals surface area (Å²) in [6.45, 7) is 10.00. The monoisotopic (exact) mass is 426 g/mol. The summed E-state index contributed by atoms with van der Waals surface area (Å²) in [4.78, 5) is 12.1. The molecule has 0 bridgehead atoms. The Hall–Kier alpha value is -0.540. The molecule has 0 amide bonds. The molecule has 2 saturated heterocycles. The predicted octanol–water partition coefficient (Wildman–Crippen LogP) is 6.41. The number of allylic oxidation sites excluding steroid dienone is 4. The van der Waals surface area contributed by atoms with Crippen molar-refractivity contribution in [3.05, 3.63) is 23.8 Å². The van der Waals surface area contributed by atoms with E-state index in [9.17, 15) is 4.79 Å². The number of hydrogen-bond acceptors (Lipinski definition) is 3. The van der Waals surface area contributed by atoms with E-state index in [2.05, 4.69) is 45.5 Å². The lowest BCUT2D eigenvalue weighted by Gasteiger charge is -2.57. The van der Waals surface area contributed by atoms with Crippen LogP contribution in [0, 0.1) is 46.3 Å². The highest BCUT2D eigenvalue weighted by atomic mass is 32.2. The largest absolute Gasteiger partial charge is 0.360 e. The molecule has 30 heavy (non-hydrogen) atoms. The van der Waals surface area contributed by atoms with Crippen LogP contribution in [0.25, 0.3) is 0 Å². The fourth-order valence-corrected chi connectivity index (χ4v) is 10.8. The number of thioether (sulfide) groups is 1. The van der Waals surface area contributed by atoms with Crippen molar-refractivity contribution in [3.8, 4) is 0 Å². The number of hydrogen-bond donors (Lipinski definition) is 0. The Balaban J connectivity index is 1.29. The highest BCUT2D eigenvalue weighted by Gasteiger charge is 2.68. The first-order valence-electron chi connectivity index (χ1n) is 12.5. The third-order valence-electron chi connectivity index (χ3n) is 10.8. The van der Waals surface area contributed by atoms with Gasteiger partial charge in [0.15, 0.2) is 5.78 Å². The van der Waals surface area contributed by atoms with Gasteiger partial charge in [-0.25, -0.2) is 0 Å². The van der Waals surface area contributed by atoms with Crippen LogP contribution >= 0.6 is 11.8 Å². The second kappa shape index (κ2) is 6.50. The van der Waals surface area contributed by atoms with E-state index in [1.807, 2.05) is 12.2 Å². The molecule has 2 nitrogen and oxygen atoms in total. The number of ketones is 1. The van der Waals surface area contributed by atoms with Crippen LogP contribution in [0.5, 0.6) is 0 Å². The van der Waals surface area contributed by atoms with Crippen LogP contribution in [0.2, 0.25) is 0 Å². The van der Waals surface area contributed by atoms with Gasteiger partial charge in [0, 0.05) is 11.3 Å². The topological polar surface area (TPSA) is 26.3 Å². The van der Waals surface area contributed by atoms with Crippen LogP contribution in [0.3, 0.4) is 0 Å². The van der Waals surface area contributed by atoms with Gasteiger partial charge in [-0.2, -0.15) is 0 Å². The van der Waals surface area contributed by atoms with Gasteiger partial charge in [0.25, 0.3) is 0 Å². The second-order valence-electron chi connectivity index (χ2n) is 12.1. The van der Waals surface area contributed by atoms with Crippen LogP contribution in [-0.4, -0.2) is 22.6 Å². The van der Waals surface area contributed by atoms with Crippen LogP contribution in [0.1, 0.15) is 72.6 Å². The van der Waals surface area contributed by atoms with Gasteiger partial charge < -0.3 is 4.74 Å². The van der Waals surface area contributed by atoms with E-state index in [1.54, 1.807) is 0 Å². The maximum Gasteiger partial charge on any atom is 0.178 e. The fourth-order valence-electron chi connectivity index (χ4n) is 9.21. The molecule has 2 heterocycles. The minimum absolute atomic E-state index is 0.105. The zero-order valence-corrected chi connectivity index (χ0v) is 20.0. The molecule has 6 rings (SSSR count). The third-order valence-corrected chi connectivity index (χ3v) is 12.7. The summed E-state index contributed by atoms with van der Waals surface area (Å²) in [7, 11) is 0. The Morgan fingerprint density at radius 2 is 1.93 bits per heavy atom. The van der Waals surface area contributed by atoms with Gasteiger partial charge in [-0.15, -0.1) is 11.8 Å². The van der Waals surface area contributed by atoms with Crippen molar-refractivity contribution in [2.24, 2.45) is 46.3 Å². The van der Waals surface area contributed by atoms with Gasteiger partial charge in [-0.1, -0.05) is 39.3 Å². The van der Waals surface area contributed by atoms with E-state index < -0.39 is 0 Å². The molecule has 10 atom stereocenters. The van der Waals surface area contributed by atoms with E-state index in [1.165, 1.54) is 49.9 Å². The van der Waals surface area contributed by atoms with Gasteiger partial charge in [0.2, 0.25) is 0 Å². The standard InChI is InChI=1S/C27H38O2S/c1-16-7-12-27(30-15-16)17(2)24-23(29-27)14-22-20-6-5-18-13-19(28)8-10-25(18,3)21(20)9-11-26(22,24)4/h8,10,13,16-17,20-24H,5-7,9,11-12,14-15H2,1-4H3/t16-,17+,20-,21+,22+,23+,24+,25+,26+,27+/m1/s1. The summed E-state index contributed by atoms with van der Waals surface area (Å²) in [6, 6.07) is 0. The molecule has 0 unspecified atom stereocenters. The first kappa shape index (κ1) is 20.1. The SMILES string of the molecule is C[C@@H]1CC[C@]2(O[C@H]3C[C@H]4[C@@H]5CCC6=CC(=O)C=C[C@]6(C)[C@H]5CC[C@]4(C)[C@H]3[C@@H]2C)SC1. The van der Waals surface area contributed by atoms with E-state index in [4.69, 9.17) is 4.74 Å². The zero-order valence-electron chi connectivity index (χ0n) is 19.2. The Morgan fingerprint density at radius 3 is 2.70 bits per heavy atom. The fraction of sp³-hybridized carbons (Fsp3) is 0.815. The molecular formula is C27H38O2S. The van der Waals surface area contributed by atoms with Gasteiger partial charge in [0.1, 0.15) is 4.93 Å².